The van der Waals surface area contributed by atoms with Crippen LogP contribution in [0.4, 0.5) is 0 Å². The molecule has 24 heavy (non-hydrogen) atoms. The van der Waals surface area contributed by atoms with Crippen molar-refractivity contribution in [3.05, 3.63) is 0 Å². The highest BCUT2D eigenvalue weighted by Crippen LogP contribution is 2.21. The average molecular weight is 336 g/mol. The fourth-order valence-corrected chi connectivity index (χ4v) is 4.64. The summed E-state index contributed by atoms with van der Waals surface area (Å²) < 4.78 is 0. The summed E-state index contributed by atoms with van der Waals surface area (Å²) in [5.41, 5.74) is 0. The van der Waals surface area contributed by atoms with Crippen molar-refractivity contribution < 1.29 is 0 Å². The van der Waals surface area contributed by atoms with E-state index >= 15 is 0 Å². The third kappa shape index (κ3) is 4.42. The molecular weight excluding hydrogens is 298 g/mol. The van der Waals surface area contributed by atoms with E-state index in [1.54, 1.807) is 0 Å². The molecule has 0 aromatic rings. The van der Waals surface area contributed by atoms with E-state index in [0.717, 1.165) is 44.7 Å². The highest BCUT2D eigenvalue weighted by molar-refractivity contribution is 5.80. The number of aliphatic imine (C=N–C) groups is 1. The van der Waals surface area contributed by atoms with Crippen molar-refractivity contribution in [2.45, 2.75) is 64.5 Å². The van der Waals surface area contributed by atoms with E-state index < -0.39 is 0 Å². The Bertz CT molecular complexity index is 405. The first-order valence-electron chi connectivity index (χ1n) is 10.3. The first-order chi connectivity index (χ1) is 11.8. The predicted octanol–water partition coefficient (Wildman–Crippen LogP) is 2.00. The van der Waals surface area contributed by atoms with Crippen LogP contribution in [0.2, 0.25) is 0 Å². The van der Waals surface area contributed by atoms with Crippen molar-refractivity contribution in [1.82, 2.24) is 20.0 Å². The number of guanidine groups is 1. The molecule has 0 aromatic heterocycles. The maximum atomic E-state index is 5.05. The number of hydrogen-bond donors (Lipinski definition) is 1. The number of likely N-dealkylation sites (tertiary alicyclic amines) is 3. The molecule has 2 atom stereocenters. The second kappa shape index (κ2) is 9.04. The van der Waals surface area contributed by atoms with Gasteiger partial charge >= 0.3 is 0 Å². The second-order valence-electron chi connectivity index (χ2n) is 7.60. The zero-order valence-electron chi connectivity index (χ0n) is 15.8. The zero-order valence-corrected chi connectivity index (χ0v) is 15.8. The van der Waals surface area contributed by atoms with Crippen LogP contribution in [0, 0.1) is 0 Å². The zero-order chi connectivity index (χ0) is 16.8. The lowest BCUT2D eigenvalue weighted by atomic mass is 10.0. The number of nitrogens with one attached hydrogen (secondary N) is 1. The molecule has 0 aromatic carbocycles. The Balaban J connectivity index is 1.57. The number of likely N-dealkylation sites (N-methyl/N-ethyl adjacent to an activating group) is 1. The summed E-state index contributed by atoms with van der Waals surface area (Å²) in [5.74, 6) is 1.15. The lowest BCUT2D eigenvalue weighted by Crippen LogP contribution is -2.45. The van der Waals surface area contributed by atoms with E-state index in [9.17, 15) is 0 Å². The van der Waals surface area contributed by atoms with E-state index in [2.05, 4.69) is 33.9 Å². The van der Waals surface area contributed by atoms with Crippen LogP contribution in [0.25, 0.3) is 0 Å². The first-order valence-corrected chi connectivity index (χ1v) is 10.3. The summed E-state index contributed by atoms with van der Waals surface area (Å²) in [6.07, 6.45) is 8.12. The Morgan fingerprint density at radius 1 is 1.00 bits per heavy atom. The standard InChI is InChI=1S/C19H37N5/c1-3-20-19(21-15-17-9-5-6-11-22(17)4-2)24-14-10-18(16-24)23-12-7-8-13-23/h17-18H,3-16H2,1-2H3,(H,20,21). The van der Waals surface area contributed by atoms with Gasteiger partial charge in [0.05, 0.1) is 6.54 Å². The van der Waals surface area contributed by atoms with Gasteiger partial charge in [0.1, 0.15) is 0 Å². The summed E-state index contributed by atoms with van der Waals surface area (Å²) in [7, 11) is 0. The molecule has 0 saturated carbocycles. The van der Waals surface area contributed by atoms with Crippen molar-refractivity contribution in [2.75, 3.05) is 52.4 Å². The van der Waals surface area contributed by atoms with Crippen LogP contribution in [-0.2, 0) is 0 Å². The monoisotopic (exact) mass is 335 g/mol. The molecule has 0 spiro atoms. The van der Waals surface area contributed by atoms with Crippen LogP contribution < -0.4 is 5.32 Å². The van der Waals surface area contributed by atoms with Gasteiger partial charge in [0.2, 0.25) is 0 Å². The maximum absolute atomic E-state index is 5.05. The summed E-state index contributed by atoms with van der Waals surface area (Å²) in [6.45, 7) is 13.7. The molecule has 0 bridgehead atoms. The SMILES string of the molecule is CCNC(=NCC1CCCCN1CC)N1CCC(N2CCCC2)C1. The molecule has 3 aliphatic rings. The third-order valence-electron chi connectivity index (χ3n) is 6.06. The van der Waals surface area contributed by atoms with Gasteiger partial charge in [-0.1, -0.05) is 13.3 Å². The molecule has 5 nitrogen and oxygen atoms in total. The van der Waals surface area contributed by atoms with Gasteiger partial charge in [-0.15, -0.1) is 0 Å². The van der Waals surface area contributed by atoms with E-state index in [-0.39, 0.29) is 0 Å². The third-order valence-corrected chi connectivity index (χ3v) is 6.06. The summed E-state index contributed by atoms with van der Waals surface area (Å²) in [4.78, 5) is 12.9. The molecule has 2 unspecified atom stereocenters. The van der Waals surface area contributed by atoms with Crippen molar-refractivity contribution in [1.29, 1.82) is 0 Å². The normalized spacial score (nSPS) is 30.2. The lowest BCUT2D eigenvalue weighted by Gasteiger charge is -2.34. The van der Waals surface area contributed by atoms with Gasteiger partial charge in [-0.3, -0.25) is 14.8 Å². The van der Waals surface area contributed by atoms with Crippen molar-refractivity contribution >= 4 is 5.96 Å². The number of piperidine rings is 1. The number of rotatable bonds is 5. The lowest BCUT2D eigenvalue weighted by molar-refractivity contribution is 0.161. The Morgan fingerprint density at radius 3 is 2.54 bits per heavy atom. The van der Waals surface area contributed by atoms with Gasteiger partial charge < -0.3 is 10.2 Å². The topological polar surface area (TPSA) is 34.1 Å². The van der Waals surface area contributed by atoms with Crippen LogP contribution in [0.5, 0.6) is 0 Å². The van der Waals surface area contributed by atoms with Crippen molar-refractivity contribution in [2.24, 2.45) is 4.99 Å². The van der Waals surface area contributed by atoms with Gasteiger partial charge in [0, 0.05) is 31.7 Å². The highest BCUT2D eigenvalue weighted by atomic mass is 15.3. The highest BCUT2D eigenvalue weighted by Gasteiger charge is 2.31. The summed E-state index contributed by atoms with van der Waals surface area (Å²) in [6, 6.07) is 1.40. The first kappa shape index (κ1) is 18.0. The Kier molecular flexibility index (Phi) is 6.78. The molecule has 3 fully saturated rings. The van der Waals surface area contributed by atoms with Gasteiger partial charge in [-0.05, 0) is 65.2 Å². The van der Waals surface area contributed by atoms with E-state index in [4.69, 9.17) is 4.99 Å². The fourth-order valence-electron chi connectivity index (χ4n) is 4.64. The van der Waals surface area contributed by atoms with Crippen LogP contribution in [0.1, 0.15) is 52.4 Å². The predicted molar refractivity (Wildman–Crippen MR) is 102 cm³/mol. The molecule has 3 heterocycles. The van der Waals surface area contributed by atoms with E-state index in [0.29, 0.717) is 6.04 Å². The van der Waals surface area contributed by atoms with Crippen LogP contribution in [0.3, 0.4) is 0 Å². The Morgan fingerprint density at radius 2 is 1.79 bits per heavy atom. The van der Waals surface area contributed by atoms with Crippen LogP contribution in [0.15, 0.2) is 4.99 Å². The quantitative estimate of drug-likeness (QED) is 0.615. The smallest absolute Gasteiger partial charge is 0.194 e. The fraction of sp³-hybridized carbons (Fsp3) is 0.947. The molecule has 3 aliphatic heterocycles. The largest absolute Gasteiger partial charge is 0.357 e. The summed E-state index contributed by atoms with van der Waals surface area (Å²) >= 11 is 0. The number of hydrogen-bond acceptors (Lipinski definition) is 3. The summed E-state index contributed by atoms with van der Waals surface area (Å²) in [5, 5.41) is 3.55. The Labute approximate surface area is 148 Å². The van der Waals surface area contributed by atoms with Gasteiger partial charge in [-0.25, -0.2) is 0 Å². The maximum Gasteiger partial charge on any atom is 0.194 e. The van der Waals surface area contributed by atoms with Gasteiger partial charge in [0.15, 0.2) is 5.96 Å². The molecular formula is C19H37N5. The number of nitrogens with zero attached hydrogens (tertiary/aromatic N) is 4. The van der Waals surface area contributed by atoms with Crippen molar-refractivity contribution in [3.63, 3.8) is 0 Å². The molecule has 0 radical (unpaired) electrons. The second-order valence-corrected chi connectivity index (χ2v) is 7.60. The molecule has 138 valence electrons. The molecule has 1 N–H and O–H groups in total. The molecule has 0 aliphatic carbocycles. The van der Waals surface area contributed by atoms with Gasteiger partial charge in [0.25, 0.3) is 0 Å². The van der Waals surface area contributed by atoms with Crippen LogP contribution in [-0.4, -0.2) is 85.1 Å². The van der Waals surface area contributed by atoms with Crippen molar-refractivity contribution in [3.8, 4) is 0 Å². The van der Waals surface area contributed by atoms with E-state index in [1.807, 2.05) is 0 Å². The minimum atomic E-state index is 0.648. The molecule has 3 rings (SSSR count). The van der Waals surface area contributed by atoms with E-state index in [1.165, 1.54) is 58.2 Å². The average Bonchev–Trinajstić information content (AvgIpc) is 3.29. The van der Waals surface area contributed by atoms with Crippen LogP contribution >= 0.6 is 0 Å². The molecule has 3 saturated heterocycles. The van der Waals surface area contributed by atoms with Gasteiger partial charge in [-0.2, -0.15) is 0 Å². The molecule has 0 amide bonds. The minimum absolute atomic E-state index is 0.648. The molecule has 5 heteroatoms. The minimum Gasteiger partial charge on any atom is -0.357 e. The Hall–Kier alpha value is -0.810.